The van der Waals surface area contributed by atoms with Gasteiger partial charge in [-0.3, -0.25) is 0 Å². The first-order chi connectivity index (χ1) is 17.8. The number of amides is 2. The number of tetrazole rings is 1. The second-order valence-electron chi connectivity index (χ2n) is 9.95. The highest BCUT2D eigenvalue weighted by Gasteiger charge is 2.25. The van der Waals surface area contributed by atoms with Crippen molar-refractivity contribution in [2.75, 3.05) is 25.0 Å². The molecule has 1 saturated heterocycles. The van der Waals surface area contributed by atoms with Crippen molar-refractivity contribution in [2.45, 2.75) is 51.7 Å². The zero-order valence-corrected chi connectivity index (χ0v) is 21.7. The molecule has 0 unspecified atom stereocenters. The van der Waals surface area contributed by atoms with Gasteiger partial charge in [0.2, 0.25) is 0 Å². The molecule has 3 aromatic rings. The van der Waals surface area contributed by atoms with Crippen molar-refractivity contribution in [1.29, 1.82) is 0 Å². The van der Waals surface area contributed by atoms with E-state index in [1.165, 1.54) is 12.1 Å². The molecule has 4 rings (SSSR count). The molecule has 3 atom stereocenters. The molecule has 2 aromatic carbocycles. The van der Waals surface area contributed by atoms with E-state index in [4.69, 9.17) is 0 Å². The number of nitrogens with one attached hydrogen (secondary N) is 2. The lowest BCUT2D eigenvalue weighted by Gasteiger charge is -2.35. The Morgan fingerprint density at radius 1 is 1.22 bits per heavy atom. The number of rotatable bonds is 9. The summed E-state index contributed by atoms with van der Waals surface area (Å²) in [6.45, 7) is 6.12. The van der Waals surface area contributed by atoms with Crippen LogP contribution >= 0.6 is 0 Å². The molecule has 0 bridgehead atoms. The highest BCUT2D eigenvalue weighted by Crippen LogP contribution is 2.24. The van der Waals surface area contributed by atoms with Crippen LogP contribution in [0.4, 0.5) is 14.9 Å². The lowest BCUT2D eigenvalue weighted by atomic mass is 9.91. The van der Waals surface area contributed by atoms with Crippen molar-refractivity contribution < 1.29 is 14.3 Å². The minimum Gasteiger partial charge on any atom is -0.390 e. The van der Waals surface area contributed by atoms with Crippen LogP contribution in [0.2, 0.25) is 0 Å². The Hall–Kier alpha value is -3.37. The Morgan fingerprint density at radius 2 is 2.00 bits per heavy atom. The van der Waals surface area contributed by atoms with Crippen molar-refractivity contribution in [2.24, 2.45) is 13.0 Å². The molecule has 37 heavy (non-hydrogen) atoms. The second-order valence-corrected chi connectivity index (χ2v) is 9.95. The summed E-state index contributed by atoms with van der Waals surface area (Å²) in [6, 6.07) is 11.6. The van der Waals surface area contributed by atoms with Gasteiger partial charge in [-0.15, -0.1) is 5.10 Å². The Labute approximate surface area is 217 Å². The molecule has 1 aromatic heterocycles. The van der Waals surface area contributed by atoms with Gasteiger partial charge in [0.25, 0.3) is 0 Å². The molecule has 0 spiro atoms. The van der Waals surface area contributed by atoms with Crippen LogP contribution in [0.1, 0.15) is 37.8 Å². The summed E-state index contributed by atoms with van der Waals surface area (Å²) in [5, 5.41) is 28.2. The van der Waals surface area contributed by atoms with Gasteiger partial charge in [0.15, 0.2) is 5.82 Å². The highest BCUT2D eigenvalue weighted by molar-refractivity contribution is 5.90. The Balaban J connectivity index is 1.30. The number of aromatic nitrogens is 4. The van der Waals surface area contributed by atoms with E-state index >= 15 is 0 Å². The van der Waals surface area contributed by atoms with Crippen molar-refractivity contribution in [3.05, 3.63) is 59.4 Å². The first-order valence-corrected chi connectivity index (χ1v) is 12.9. The van der Waals surface area contributed by atoms with E-state index < -0.39 is 12.1 Å². The fourth-order valence-corrected chi connectivity index (χ4v) is 4.90. The standard InChI is InChI=1S/C27H36FN7O2/c1-4-19-13-22(26-31-32-33-34(26)3)15-24(14-19)30-27(37)29-18(2)25(36)17-35-11-5-6-21(16-35)12-20-7-9-23(28)10-8-20/h7-10,13-15,18,21,25,36H,4-6,11-12,16-17H2,1-3H3,(H2,29,30,37)/t18-,21+,25-/m1/s1. The summed E-state index contributed by atoms with van der Waals surface area (Å²) >= 11 is 0. The van der Waals surface area contributed by atoms with Crippen LogP contribution in [0, 0.1) is 11.7 Å². The summed E-state index contributed by atoms with van der Waals surface area (Å²) in [6.07, 6.45) is 3.15. The number of halogens is 1. The average Bonchev–Trinajstić information content (AvgIpc) is 3.31. The van der Waals surface area contributed by atoms with Gasteiger partial charge < -0.3 is 20.6 Å². The van der Waals surface area contributed by atoms with Crippen LogP contribution < -0.4 is 10.6 Å². The number of aliphatic hydroxyl groups is 1. The molecule has 0 radical (unpaired) electrons. The van der Waals surface area contributed by atoms with E-state index in [0.29, 0.717) is 24.0 Å². The van der Waals surface area contributed by atoms with Crippen molar-refractivity contribution in [3.63, 3.8) is 0 Å². The number of aryl methyl sites for hydroxylation is 2. The first kappa shape index (κ1) is 26.7. The maximum atomic E-state index is 13.2. The summed E-state index contributed by atoms with van der Waals surface area (Å²) in [5.74, 6) is 0.854. The third-order valence-electron chi connectivity index (χ3n) is 6.96. The number of aliphatic hydroxyl groups excluding tert-OH is 1. The smallest absolute Gasteiger partial charge is 0.319 e. The van der Waals surface area contributed by atoms with E-state index in [2.05, 4.69) is 31.1 Å². The SMILES string of the molecule is CCc1cc(NC(=O)N[C@H](C)[C@H](O)CN2CCC[C@@H](Cc3ccc(F)cc3)C2)cc(-c2nnnn2C)c1. The molecular formula is C27H36FN7O2. The van der Waals surface area contributed by atoms with Crippen molar-refractivity contribution in [1.82, 2.24) is 30.4 Å². The molecule has 0 aliphatic carbocycles. The number of carbonyl (C=O) groups is 1. The van der Waals surface area contributed by atoms with Gasteiger partial charge in [-0.2, -0.15) is 0 Å². The second kappa shape index (κ2) is 12.2. The van der Waals surface area contributed by atoms with Gasteiger partial charge >= 0.3 is 6.03 Å². The summed E-state index contributed by atoms with van der Waals surface area (Å²) < 4.78 is 14.8. The molecule has 1 fully saturated rings. The third kappa shape index (κ3) is 7.33. The lowest BCUT2D eigenvalue weighted by molar-refractivity contribution is 0.0662. The van der Waals surface area contributed by atoms with Crippen LogP contribution in [0.15, 0.2) is 42.5 Å². The topological polar surface area (TPSA) is 108 Å². The minimum atomic E-state index is -0.711. The number of likely N-dealkylation sites (tertiary alicyclic amines) is 1. The average molecular weight is 510 g/mol. The number of β-amino-alcohol motifs (C(OH)–C–C–N with tert-alkyl or cyclic N) is 1. The first-order valence-electron chi connectivity index (χ1n) is 12.9. The number of benzene rings is 2. The quantitative estimate of drug-likeness (QED) is 0.408. The molecule has 198 valence electrons. The zero-order chi connectivity index (χ0) is 26.4. The Morgan fingerprint density at radius 3 is 2.70 bits per heavy atom. The maximum absolute atomic E-state index is 13.2. The lowest BCUT2D eigenvalue weighted by Crippen LogP contribution is -2.49. The third-order valence-corrected chi connectivity index (χ3v) is 6.96. The van der Waals surface area contributed by atoms with E-state index in [9.17, 15) is 14.3 Å². The van der Waals surface area contributed by atoms with Crippen LogP contribution in [0.3, 0.4) is 0 Å². The number of anilines is 1. The van der Waals surface area contributed by atoms with Crippen LogP contribution in [0.25, 0.3) is 11.4 Å². The molecule has 2 heterocycles. The number of carbonyl (C=O) groups excluding carboxylic acids is 1. The fraction of sp³-hybridized carbons (Fsp3) is 0.481. The molecule has 1 aliphatic rings. The van der Waals surface area contributed by atoms with E-state index in [0.717, 1.165) is 55.5 Å². The molecule has 9 nitrogen and oxygen atoms in total. The number of piperidine rings is 1. The number of hydrogen-bond donors (Lipinski definition) is 3. The number of urea groups is 1. The molecule has 10 heteroatoms. The highest BCUT2D eigenvalue weighted by atomic mass is 19.1. The molecule has 3 N–H and O–H groups in total. The predicted molar refractivity (Wildman–Crippen MR) is 141 cm³/mol. The monoisotopic (exact) mass is 509 g/mol. The summed E-state index contributed by atoms with van der Waals surface area (Å²) in [4.78, 5) is 15.0. The number of nitrogens with zero attached hydrogens (tertiary/aromatic N) is 5. The van der Waals surface area contributed by atoms with Crippen molar-refractivity contribution >= 4 is 11.7 Å². The van der Waals surface area contributed by atoms with Gasteiger partial charge in [-0.25, -0.2) is 13.9 Å². The van der Waals surface area contributed by atoms with Gasteiger partial charge in [0, 0.05) is 31.4 Å². The predicted octanol–water partition coefficient (Wildman–Crippen LogP) is 3.40. The number of hydrogen-bond acceptors (Lipinski definition) is 6. The van der Waals surface area contributed by atoms with Gasteiger partial charge in [-0.1, -0.05) is 19.1 Å². The van der Waals surface area contributed by atoms with E-state index in [1.54, 1.807) is 11.7 Å². The molecule has 1 aliphatic heterocycles. The van der Waals surface area contributed by atoms with Gasteiger partial charge in [0.05, 0.1) is 12.1 Å². The maximum Gasteiger partial charge on any atom is 0.319 e. The zero-order valence-electron chi connectivity index (χ0n) is 21.7. The van der Waals surface area contributed by atoms with Gasteiger partial charge in [0.1, 0.15) is 5.82 Å². The molecule has 2 amide bonds. The van der Waals surface area contributed by atoms with Crippen LogP contribution in [-0.2, 0) is 19.9 Å². The molecular weight excluding hydrogens is 473 g/mol. The van der Waals surface area contributed by atoms with Crippen LogP contribution in [0.5, 0.6) is 0 Å². The van der Waals surface area contributed by atoms with Gasteiger partial charge in [-0.05, 0) is 97.0 Å². The Bertz CT molecular complexity index is 1180. The Kier molecular flexibility index (Phi) is 8.83. The molecule has 0 saturated carbocycles. The van der Waals surface area contributed by atoms with Crippen molar-refractivity contribution in [3.8, 4) is 11.4 Å². The fourth-order valence-electron chi connectivity index (χ4n) is 4.90. The largest absolute Gasteiger partial charge is 0.390 e. The van der Waals surface area contributed by atoms with E-state index in [1.807, 2.05) is 44.2 Å². The summed E-state index contributed by atoms with van der Waals surface area (Å²) in [5.41, 5.74) is 3.63. The summed E-state index contributed by atoms with van der Waals surface area (Å²) in [7, 11) is 1.77. The minimum absolute atomic E-state index is 0.219. The normalized spacial score (nSPS) is 17.8. The van der Waals surface area contributed by atoms with E-state index in [-0.39, 0.29) is 11.8 Å². The van der Waals surface area contributed by atoms with Crippen LogP contribution in [-0.4, -0.2) is 68.0 Å².